The molecule has 1 aromatic rings. The van der Waals surface area contributed by atoms with Gasteiger partial charge in [0, 0.05) is 19.8 Å². The molecule has 122 valence electrons. The monoisotopic (exact) mass is 331 g/mol. The molecule has 0 aromatic heterocycles. The van der Waals surface area contributed by atoms with Crippen LogP contribution < -0.4 is 4.72 Å². The molecule has 0 aliphatic carbocycles. The van der Waals surface area contributed by atoms with Crippen LogP contribution in [-0.2, 0) is 19.6 Å². The first kappa shape index (κ1) is 16.9. The number of carbonyl (C=O) groups is 1. The fraction of sp³-hybridized carbons (Fsp3) is 0.500. The molecule has 8 heteroatoms. The molecule has 0 bridgehead atoms. The van der Waals surface area contributed by atoms with Crippen LogP contribution in [0.15, 0.2) is 29.2 Å². The summed E-state index contributed by atoms with van der Waals surface area (Å²) in [5, 5.41) is 9.30. The molecule has 1 atom stereocenters. The van der Waals surface area contributed by atoms with E-state index in [-0.39, 0.29) is 17.4 Å². The van der Waals surface area contributed by atoms with E-state index in [4.69, 9.17) is 4.74 Å². The molecule has 1 saturated heterocycles. The van der Waals surface area contributed by atoms with Crippen LogP contribution in [0.4, 0.5) is 4.39 Å². The maximum Gasteiger partial charge on any atom is 0.308 e. The van der Waals surface area contributed by atoms with Crippen LogP contribution in [0.3, 0.4) is 0 Å². The molecule has 2 N–H and O–H groups in total. The van der Waals surface area contributed by atoms with E-state index in [1.165, 1.54) is 0 Å². The highest BCUT2D eigenvalue weighted by Gasteiger charge is 2.31. The summed E-state index contributed by atoms with van der Waals surface area (Å²) in [6.45, 7) is 0.776. The Bertz CT molecular complexity index is 611. The largest absolute Gasteiger partial charge is 0.481 e. The molecular weight excluding hydrogens is 313 g/mol. The van der Waals surface area contributed by atoms with E-state index in [0.717, 1.165) is 24.3 Å². The minimum absolute atomic E-state index is 0.0926. The summed E-state index contributed by atoms with van der Waals surface area (Å²) in [6, 6.07) is 4.37. The van der Waals surface area contributed by atoms with E-state index in [1.807, 2.05) is 0 Å². The van der Waals surface area contributed by atoms with Crippen LogP contribution in [-0.4, -0.2) is 39.3 Å². The third-order valence-electron chi connectivity index (χ3n) is 3.77. The van der Waals surface area contributed by atoms with Gasteiger partial charge in [0.1, 0.15) is 5.82 Å². The molecule has 1 unspecified atom stereocenters. The summed E-state index contributed by atoms with van der Waals surface area (Å²) >= 11 is 0. The van der Waals surface area contributed by atoms with E-state index in [0.29, 0.717) is 26.1 Å². The Morgan fingerprint density at radius 3 is 2.45 bits per heavy atom. The molecular formula is C14H18FNO5S. The number of ether oxygens (including phenoxy) is 1. The lowest BCUT2D eigenvalue weighted by Gasteiger charge is -2.27. The third kappa shape index (κ3) is 4.25. The molecule has 1 aliphatic heterocycles. The van der Waals surface area contributed by atoms with E-state index < -0.39 is 27.7 Å². The molecule has 0 saturated carbocycles. The topological polar surface area (TPSA) is 92.7 Å². The van der Waals surface area contributed by atoms with Gasteiger partial charge in [0.2, 0.25) is 10.0 Å². The first-order valence-corrected chi connectivity index (χ1v) is 8.44. The van der Waals surface area contributed by atoms with Crippen LogP contribution in [0.2, 0.25) is 0 Å². The first-order valence-electron chi connectivity index (χ1n) is 6.96. The summed E-state index contributed by atoms with van der Waals surface area (Å²) in [6.07, 6.45) is 1.19. The highest BCUT2D eigenvalue weighted by atomic mass is 32.2. The molecule has 0 amide bonds. The van der Waals surface area contributed by atoms with Crippen molar-refractivity contribution >= 4 is 16.0 Å². The van der Waals surface area contributed by atoms with Crippen molar-refractivity contribution in [2.75, 3.05) is 19.8 Å². The molecule has 1 fully saturated rings. The molecule has 1 aromatic carbocycles. The van der Waals surface area contributed by atoms with E-state index in [9.17, 15) is 22.7 Å². The quantitative estimate of drug-likeness (QED) is 0.818. The number of hydrogen-bond donors (Lipinski definition) is 2. The van der Waals surface area contributed by atoms with Gasteiger partial charge in [0.05, 0.1) is 10.8 Å². The van der Waals surface area contributed by atoms with Gasteiger partial charge in [-0.3, -0.25) is 4.79 Å². The molecule has 2 rings (SSSR count). The van der Waals surface area contributed by atoms with Crippen molar-refractivity contribution in [2.24, 2.45) is 11.8 Å². The van der Waals surface area contributed by atoms with Gasteiger partial charge >= 0.3 is 5.97 Å². The number of nitrogens with one attached hydrogen (secondary N) is 1. The Labute approximate surface area is 128 Å². The minimum Gasteiger partial charge on any atom is -0.481 e. The smallest absolute Gasteiger partial charge is 0.308 e. The van der Waals surface area contributed by atoms with Crippen molar-refractivity contribution in [3.05, 3.63) is 30.1 Å². The molecule has 6 nitrogen and oxygen atoms in total. The van der Waals surface area contributed by atoms with Gasteiger partial charge in [-0.15, -0.1) is 0 Å². The minimum atomic E-state index is -3.86. The Hall–Kier alpha value is -1.51. The number of hydrogen-bond acceptors (Lipinski definition) is 4. The summed E-state index contributed by atoms with van der Waals surface area (Å²) in [5.41, 5.74) is 0. The van der Waals surface area contributed by atoms with Gasteiger partial charge in [0.15, 0.2) is 0 Å². The predicted octanol–water partition coefficient (Wildman–Crippen LogP) is 1.23. The summed E-state index contributed by atoms with van der Waals surface area (Å²) in [4.78, 5) is 11.3. The Kier molecular flexibility index (Phi) is 5.49. The molecule has 0 radical (unpaired) electrons. The average molecular weight is 331 g/mol. The maximum absolute atomic E-state index is 12.8. The molecule has 22 heavy (non-hydrogen) atoms. The number of carboxylic acids is 1. The fourth-order valence-corrected chi connectivity index (χ4v) is 3.53. The Morgan fingerprint density at radius 1 is 1.32 bits per heavy atom. The first-order chi connectivity index (χ1) is 10.4. The van der Waals surface area contributed by atoms with Crippen LogP contribution in [0.25, 0.3) is 0 Å². The second-order valence-corrected chi connectivity index (χ2v) is 6.97. The van der Waals surface area contributed by atoms with Gasteiger partial charge in [-0.05, 0) is 43.0 Å². The van der Waals surface area contributed by atoms with Gasteiger partial charge in [-0.25, -0.2) is 17.5 Å². The van der Waals surface area contributed by atoms with Crippen molar-refractivity contribution in [2.45, 2.75) is 17.7 Å². The molecule has 1 heterocycles. The summed E-state index contributed by atoms with van der Waals surface area (Å²) < 4.78 is 44.5. The van der Waals surface area contributed by atoms with Crippen LogP contribution in [0, 0.1) is 17.7 Å². The number of benzene rings is 1. The SMILES string of the molecule is O=C(O)C(CNS(=O)(=O)c1ccc(F)cc1)C1CCOCC1. The number of aliphatic carboxylic acids is 1. The van der Waals surface area contributed by atoms with E-state index in [1.54, 1.807) is 0 Å². The second-order valence-electron chi connectivity index (χ2n) is 5.20. The Morgan fingerprint density at radius 2 is 1.91 bits per heavy atom. The molecule has 0 spiro atoms. The van der Waals surface area contributed by atoms with Gasteiger partial charge < -0.3 is 9.84 Å². The van der Waals surface area contributed by atoms with Crippen molar-refractivity contribution in [1.82, 2.24) is 4.72 Å². The predicted molar refractivity (Wildman–Crippen MR) is 76.3 cm³/mol. The number of halogens is 1. The zero-order valence-corrected chi connectivity index (χ0v) is 12.7. The lowest BCUT2D eigenvalue weighted by molar-refractivity contribution is -0.144. The summed E-state index contributed by atoms with van der Waals surface area (Å²) in [5.74, 6) is -2.50. The van der Waals surface area contributed by atoms with Crippen LogP contribution in [0.5, 0.6) is 0 Å². The highest BCUT2D eigenvalue weighted by Crippen LogP contribution is 2.24. The standard InChI is InChI=1S/C14H18FNO5S/c15-11-1-3-12(4-2-11)22(19,20)16-9-13(14(17)18)10-5-7-21-8-6-10/h1-4,10,13,16H,5-9H2,(H,17,18). The number of sulfonamides is 1. The summed E-state index contributed by atoms with van der Waals surface area (Å²) in [7, 11) is -3.86. The van der Waals surface area contributed by atoms with Crippen molar-refractivity contribution < 1.29 is 27.4 Å². The lowest BCUT2D eigenvalue weighted by atomic mass is 9.86. The normalized spacial score (nSPS) is 18.0. The zero-order valence-electron chi connectivity index (χ0n) is 11.9. The van der Waals surface area contributed by atoms with Crippen molar-refractivity contribution in [3.8, 4) is 0 Å². The maximum atomic E-state index is 12.8. The second kappa shape index (κ2) is 7.17. The van der Waals surface area contributed by atoms with Gasteiger partial charge in [-0.1, -0.05) is 0 Å². The van der Waals surface area contributed by atoms with Crippen LogP contribution in [0.1, 0.15) is 12.8 Å². The third-order valence-corrected chi connectivity index (χ3v) is 5.21. The van der Waals surface area contributed by atoms with Gasteiger partial charge in [-0.2, -0.15) is 0 Å². The highest BCUT2D eigenvalue weighted by molar-refractivity contribution is 7.89. The fourth-order valence-electron chi connectivity index (χ4n) is 2.47. The number of rotatable bonds is 6. The zero-order chi connectivity index (χ0) is 16.2. The van der Waals surface area contributed by atoms with E-state index in [2.05, 4.69) is 4.72 Å². The van der Waals surface area contributed by atoms with E-state index >= 15 is 0 Å². The molecule has 1 aliphatic rings. The Balaban J connectivity index is 2.04. The van der Waals surface area contributed by atoms with Crippen molar-refractivity contribution in [3.63, 3.8) is 0 Å². The lowest BCUT2D eigenvalue weighted by Crippen LogP contribution is -2.38. The van der Waals surface area contributed by atoms with Crippen LogP contribution >= 0.6 is 0 Å². The van der Waals surface area contributed by atoms with Gasteiger partial charge in [0.25, 0.3) is 0 Å². The van der Waals surface area contributed by atoms with Crippen molar-refractivity contribution in [1.29, 1.82) is 0 Å². The number of carboxylic acid groups (broad SMARTS) is 1. The average Bonchev–Trinajstić information content (AvgIpc) is 2.48.